The van der Waals surface area contributed by atoms with Gasteiger partial charge >= 0.3 is 6.09 Å². The number of anilines is 1. The third-order valence-electron chi connectivity index (χ3n) is 7.76. The topological polar surface area (TPSA) is 82.6 Å². The summed E-state index contributed by atoms with van der Waals surface area (Å²) in [6.07, 6.45) is 1.90. The minimum Gasteiger partial charge on any atom is -0.449 e. The zero-order chi connectivity index (χ0) is 29.8. The molecule has 1 amide bonds. The average molecular weight is 556 g/mol. The molecule has 6 rings (SSSR count). The molecule has 39 heavy (non-hydrogen) atoms. The Labute approximate surface area is 234 Å². The van der Waals surface area contributed by atoms with Gasteiger partial charge in [-0.2, -0.15) is 0 Å². The summed E-state index contributed by atoms with van der Waals surface area (Å²) in [5.74, 6) is 0.765. The Morgan fingerprint density at radius 1 is 1.13 bits per heavy atom. The van der Waals surface area contributed by atoms with E-state index in [9.17, 15) is 9.18 Å². The fraction of sp³-hybridized carbons (Fsp3) is 0.414. The Kier molecular flexibility index (Phi) is 5.90. The van der Waals surface area contributed by atoms with Crippen LogP contribution in [0.2, 0.25) is 5.02 Å². The number of nitrogens with zero attached hydrogens (tertiary/aromatic N) is 4. The van der Waals surface area contributed by atoms with E-state index in [1.54, 1.807) is 0 Å². The number of rotatable bonds is 5. The van der Waals surface area contributed by atoms with E-state index in [1.165, 1.54) is 23.1 Å². The van der Waals surface area contributed by atoms with Gasteiger partial charge < -0.3 is 18.6 Å². The monoisotopic (exact) mass is 555 g/mol. The second kappa shape index (κ2) is 10.3. The van der Waals surface area contributed by atoms with Crippen molar-refractivity contribution in [3.8, 4) is 11.1 Å². The molecule has 0 spiro atoms. The van der Waals surface area contributed by atoms with Crippen molar-refractivity contribution >= 4 is 34.4 Å². The summed E-state index contributed by atoms with van der Waals surface area (Å²) in [6.45, 7) is 3.92. The Balaban J connectivity index is 1.46. The number of fused-ring (bicyclic) bond motifs is 1. The fourth-order valence-electron chi connectivity index (χ4n) is 6.00. The highest BCUT2D eigenvalue weighted by Crippen LogP contribution is 2.41. The summed E-state index contributed by atoms with van der Waals surface area (Å²) < 4.78 is 55.2. The lowest BCUT2D eigenvalue weighted by Gasteiger charge is -2.37. The molecular formula is C29H30ClFN4O4. The van der Waals surface area contributed by atoms with Crippen molar-refractivity contribution in [3.63, 3.8) is 0 Å². The van der Waals surface area contributed by atoms with Gasteiger partial charge in [0.2, 0.25) is 0 Å². The summed E-state index contributed by atoms with van der Waals surface area (Å²) in [7, 11) is -2.45. The number of cyclic esters (lactones) is 1. The summed E-state index contributed by atoms with van der Waals surface area (Å²) in [5, 5.41) is 4.25. The van der Waals surface area contributed by atoms with Crippen LogP contribution in [0.5, 0.6) is 0 Å². The summed E-state index contributed by atoms with van der Waals surface area (Å²) in [4.78, 5) is 19.7. The highest BCUT2D eigenvalue weighted by Gasteiger charge is 2.38. The first-order chi connectivity index (χ1) is 20.0. The lowest BCUT2D eigenvalue weighted by Crippen LogP contribution is -2.42. The largest absolute Gasteiger partial charge is 0.449 e. The molecule has 1 aliphatic carbocycles. The number of imidazole rings is 1. The van der Waals surface area contributed by atoms with Crippen molar-refractivity contribution in [2.24, 2.45) is 0 Å². The third kappa shape index (κ3) is 4.67. The maximum atomic E-state index is 14.4. The molecule has 10 heteroatoms. The highest BCUT2D eigenvalue weighted by molar-refractivity contribution is 6.30. The van der Waals surface area contributed by atoms with Crippen LogP contribution < -0.4 is 4.90 Å². The van der Waals surface area contributed by atoms with E-state index >= 15 is 0 Å². The molecule has 204 valence electrons. The first-order valence-electron chi connectivity index (χ1n) is 14.5. The molecule has 2 aliphatic rings. The van der Waals surface area contributed by atoms with Crippen LogP contribution in [0.25, 0.3) is 22.2 Å². The molecule has 2 aromatic carbocycles. The number of ether oxygens (including phenoxy) is 2. The smallest absolute Gasteiger partial charge is 0.414 e. The minimum absolute atomic E-state index is 0.0257. The van der Waals surface area contributed by atoms with Crippen LogP contribution in [-0.2, 0) is 9.47 Å². The summed E-state index contributed by atoms with van der Waals surface area (Å²) in [5.41, 5.74) is 4.44. The normalized spacial score (nSPS) is 23.4. The van der Waals surface area contributed by atoms with Gasteiger partial charge in [-0.15, -0.1) is 0 Å². The number of aryl methyl sites for hydroxylation is 2. The molecule has 1 saturated carbocycles. The number of amides is 1. The van der Waals surface area contributed by atoms with E-state index in [0.717, 1.165) is 27.9 Å². The maximum absolute atomic E-state index is 14.4. The molecule has 2 aromatic heterocycles. The standard InChI is InChI=1S/C29H30ClFN4O4/c1-16-27(17(2)39-33-16)18-4-9-25-24(12-18)32-28(34(25)21-5-7-23(37-3)8-6-21)26-10-11-38-29(36)35(26)22-14-19(30)13-20(31)15-22/h4,9,12-15,21,23,26H,5-8,10-11H2,1-3H3/t21?,23?,26-/m0/s1/i3D3. The number of carbonyl (C=O) groups excluding carboxylic acids is 1. The van der Waals surface area contributed by atoms with Gasteiger partial charge in [-0.25, -0.2) is 14.2 Å². The van der Waals surface area contributed by atoms with Crippen LogP contribution in [0.4, 0.5) is 14.9 Å². The van der Waals surface area contributed by atoms with E-state index in [2.05, 4.69) is 9.72 Å². The van der Waals surface area contributed by atoms with Gasteiger partial charge in [-0.3, -0.25) is 4.90 Å². The van der Waals surface area contributed by atoms with E-state index in [4.69, 9.17) is 34.7 Å². The van der Waals surface area contributed by atoms with Crippen molar-refractivity contribution in [1.29, 1.82) is 0 Å². The van der Waals surface area contributed by atoms with Gasteiger partial charge in [0.15, 0.2) is 0 Å². The van der Waals surface area contributed by atoms with Crippen LogP contribution in [0, 0.1) is 19.7 Å². The molecule has 3 heterocycles. The molecule has 0 N–H and O–H groups in total. The van der Waals surface area contributed by atoms with Crippen molar-refractivity contribution < 1.29 is 27.3 Å². The number of hydrogen-bond donors (Lipinski definition) is 0. The van der Waals surface area contributed by atoms with Crippen molar-refractivity contribution in [2.75, 3.05) is 18.5 Å². The third-order valence-corrected chi connectivity index (χ3v) is 7.98. The zero-order valence-corrected chi connectivity index (χ0v) is 22.4. The maximum Gasteiger partial charge on any atom is 0.414 e. The molecule has 0 radical (unpaired) electrons. The Bertz CT molecular complexity index is 1610. The van der Waals surface area contributed by atoms with Crippen LogP contribution in [-0.4, -0.2) is 40.5 Å². The molecule has 1 atom stereocenters. The van der Waals surface area contributed by atoms with Crippen molar-refractivity contribution in [3.05, 3.63) is 64.5 Å². The summed E-state index contributed by atoms with van der Waals surface area (Å²) >= 11 is 6.17. The lowest BCUT2D eigenvalue weighted by atomic mass is 9.92. The van der Waals surface area contributed by atoms with E-state index in [-0.39, 0.29) is 29.5 Å². The Morgan fingerprint density at radius 3 is 2.67 bits per heavy atom. The van der Waals surface area contributed by atoms with Crippen molar-refractivity contribution in [1.82, 2.24) is 14.7 Å². The first kappa shape index (κ1) is 22.4. The molecular weight excluding hydrogens is 523 g/mol. The number of aromatic nitrogens is 3. The number of carbonyl (C=O) groups is 1. The Hall–Kier alpha value is -3.43. The SMILES string of the molecule is [2H]C([2H])([2H])OC1CCC(n2c([C@@H]3CCOC(=O)N3c3cc(F)cc(Cl)c3)nc3cc(-c4c(C)noc4C)ccc32)CC1. The molecule has 8 nitrogen and oxygen atoms in total. The molecule has 4 aromatic rings. The minimum atomic E-state index is -2.45. The molecule has 1 aliphatic heterocycles. The fourth-order valence-corrected chi connectivity index (χ4v) is 6.22. The lowest BCUT2D eigenvalue weighted by molar-refractivity contribution is 0.0582. The second-order valence-corrected chi connectivity index (χ2v) is 10.6. The van der Waals surface area contributed by atoms with Crippen molar-refractivity contribution in [2.45, 2.75) is 64.1 Å². The van der Waals surface area contributed by atoms with Crippen LogP contribution in [0.15, 0.2) is 40.9 Å². The van der Waals surface area contributed by atoms with E-state index < -0.39 is 25.0 Å². The molecule has 2 fully saturated rings. The van der Waals surface area contributed by atoms with Crippen LogP contribution >= 0.6 is 11.6 Å². The van der Waals surface area contributed by atoms with Gasteiger partial charge in [0.25, 0.3) is 0 Å². The van der Waals surface area contributed by atoms with Gasteiger partial charge in [0.05, 0.1) is 39.2 Å². The number of methoxy groups -OCH3 is 1. The van der Waals surface area contributed by atoms with E-state index in [0.29, 0.717) is 43.7 Å². The van der Waals surface area contributed by atoms with Gasteiger partial charge in [0, 0.05) is 30.1 Å². The highest BCUT2D eigenvalue weighted by atomic mass is 35.5. The number of halogens is 2. The Morgan fingerprint density at radius 2 is 1.95 bits per heavy atom. The zero-order valence-electron chi connectivity index (χ0n) is 24.6. The first-order valence-corrected chi connectivity index (χ1v) is 13.4. The van der Waals surface area contributed by atoms with Crippen LogP contribution in [0.1, 0.15) is 65.6 Å². The van der Waals surface area contributed by atoms with E-state index in [1.807, 2.05) is 32.0 Å². The van der Waals surface area contributed by atoms with Gasteiger partial charge in [-0.1, -0.05) is 22.8 Å². The van der Waals surface area contributed by atoms with Crippen LogP contribution in [0.3, 0.4) is 0 Å². The number of benzene rings is 2. The predicted octanol–water partition coefficient (Wildman–Crippen LogP) is 7.32. The molecule has 1 saturated heterocycles. The molecule has 0 unspecified atom stereocenters. The molecule has 0 bridgehead atoms. The quantitative estimate of drug-likeness (QED) is 0.256. The van der Waals surface area contributed by atoms with Gasteiger partial charge in [-0.05, 0) is 75.4 Å². The van der Waals surface area contributed by atoms with Gasteiger partial charge in [0.1, 0.15) is 23.4 Å². The average Bonchev–Trinajstić information content (AvgIpc) is 3.46. The second-order valence-electron chi connectivity index (χ2n) is 10.2. The predicted molar refractivity (Wildman–Crippen MR) is 146 cm³/mol. The summed E-state index contributed by atoms with van der Waals surface area (Å²) in [6, 6.07) is 9.37. The number of hydrogen-bond acceptors (Lipinski definition) is 6.